The molecule has 0 unspecified atom stereocenters. The molecule has 24 heavy (non-hydrogen) atoms. The molecular weight excluding hydrogens is 298 g/mol. The maximum Gasteiger partial charge on any atom is 0.236 e. The van der Waals surface area contributed by atoms with Crippen molar-refractivity contribution in [3.05, 3.63) is 83.9 Å². The van der Waals surface area contributed by atoms with Gasteiger partial charge in [-0.15, -0.1) is 0 Å². The molecule has 0 saturated heterocycles. The van der Waals surface area contributed by atoms with Crippen LogP contribution in [0.2, 0.25) is 0 Å². The zero-order valence-electron chi connectivity index (χ0n) is 13.3. The summed E-state index contributed by atoms with van der Waals surface area (Å²) in [5.41, 5.74) is 5.17. The molecule has 0 bridgehead atoms. The van der Waals surface area contributed by atoms with Gasteiger partial charge < -0.3 is 10.1 Å². The number of hydrogen-bond acceptors (Lipinski definition) is 2. The number of benzene rings is 3. The SMILES string of the molecule is COc1ccc(NC(=O)C2c3ccccc3-c3ccccc32)cc1. The third kappa shape index (κ3) is 2.35. The van der Waals surface area contributed by atoms with Crippen LogP contribution in [-0.2, 0) is 4.79 Å². The molecule has 0 radical (unpaired) electrons. The molecule has 1 N–H and O–H groups in total. The van der Waals surface area contributed by atoms with Crippen LogP contribution in [0, 0.1) is 0 Å². The molecule has 1 aliphatic rings. The minimum absolute atomic E-state index is 0.0161. The van der Waals surface area contributed by atoms with Gasteiger partial charge in [-0.2, -0.15) is 0 Å². The molecule has 4 rings (SSSR count). The van der Waals surface area contributed by atoms with Crippen LogP contribution in [-0.4, -0.2) is 13.0 Å². The van der Waals surface area contributed by atoms with Crippen LogP contribution in [0.15, 0.2) is 72.8 Å². The maximum absolute atomic E-state index is 13.0. The lowest BCUT2D eigenvalue weighted by Crippen LogP contribution is -2.20. The molecule has 0 spiro atoms. The Hall–Kier alpha value is -3.07. The van der Waals surface area contributed by atoms with Gasteiger partial charge in [-0.25, -0.2) is 0 Å². The number of ether oxygens (including phenoxy) is 1. The lowest BCUT2D eigenvalue weighted by Gasteiger charge is -2.14. The van der Waals surface area contributed by atoms with E-state index in [4.69, 9.17) is 4.74 Å². The third-order valence-electron chi connectivity index (χ3n) is 4.45. The zero-order valence-corrected chi connectivity index (χ0v) is 13.3. The van der Waals surface area contributed by atoms with Gasteiger partial charge in [-0.1, -0.05) is 48.5 Å². The Bertz CT molecular complexity index is 854. The van der Waals surface area contributed by atoms with Gasteiger partial charge in [0.15, 0.2) is 0 Å². The first kappa shape index (κ1) is 14.5. The van der Waals surface area contributed by atoms with Crippen LogP contribution in [0.4, 0.5) is 5.69 Å². The highest BCUT2D eigenvalue weighted by molar-refractivity contribution is 6.03. The van der Waals surface area contributed by atoms with E-state index in [2.05, 4.69) is 17.4 Å². The Balaban J connectivity index is 1.69. The third-order valence-corrected chi connectivity index (χ3v) is 4.45. The van der Waals surface area contributed by atoms with E-state index in [1.807, 2.05) is 60.7 Å². The van der Waals surface area contributed by atoms with Crippen LogP contribution >= 0.6 is 0 Å². The van der Waals surface area contributed by atoms with E-state index in [0.717, 1.165) is 33.7 Å². The highest BCUT2D eigenvalue weighted by Crippen LogP contribution is 2.44. The molecule has 3 nitrogen and oxygen atoms in total. The predicted molar refractivity (Wildman–Crippen MR) is 95.3 cm³/mol. The number of fused-ring (bicyclic) bond motifs is 3. The second kappa shape index (κ2) is 5.85. The number of amides is 1. The van der Waals surface area contributed by atoms with E-state index in [1.165, 1.54) is 0 Å². The molecule has 0 aromatic heterocycles. The highest BCUT2D eigenvalue weighted by Gasteiger charge is 2.33. The molecular formula is C21H17NO2. The molecule has 0 atom stereocenters. The number of carbonyl (C=O) groups excluding carboxylic acids is 1. The topological polar surface area (TPSA) is 38.3 Å². The van der Waals surface area contributed by atoms with Crippen LogP contribution in [0.25, 0.3) is 11.1 Å². The van der Waals surface area contributed by atoms with Crippen molar-refractivity contribution in [2.75, 3.05) is 12.4 Å². The standard InChI is InChI=1S/C21H17NO2/c1-24-15-12-10-14(11-13-15)22-21(23)20-18-8-4-2-6-16(18)17-7-3-5-9-19(17)20/h2-13,20H,1H3,(H,22,23). The molecule has 0 heterocycles. The lowest BCUT2D eigenvalue weighted by molar-refractivity contribution is -0.116. The summed E-state index contributed by atoms with van der Waals surface area (Å²) in [5.74, 6) is 0.474. The molecule has 0 fully saturated rings. The van der Waals surface area contributed by atoms with E-state index < -0.39 is 0 Å². The molecule has 1 aliphatic carbocycles. The second-order valence-corrected chi connectivity index (χ2v) is 5.83. The predicted octanol–water partition coefficient (Wildman–Crippen LogP) is 4.45. The number of nitrogens with one attached hydrogen (secondary N) is 1. The number of anilines is 1. The van der Waals surface area contributed by atoms with Gasteiger partial charge >= 0.3 is 0 Å². The molecule has 3 aromatic rings. The maximum atomic E-state index is 13.0. The molecule has 1 amide bonds. The quantitative estimate of drug-likeness (QED) is 0.775. The summed E-state index contributed by atoms with van der Waals surface area (Å²) in [5, 5.41) is 3.02. The highest BCUT2D eigenvalue weighted by atomic mass is 16.5. The Morgan fingerprint density at radius 1 is 0.833 bits per heavy atom. The number of hydrogen-bond donors (Lipinski definition) is 1. The summed E-state index contributed by atoms with van der Waals surface area (Å²) in [6.07, 6.45) is 0. The van der Waals surface area contributed by atoms with Gasteiger partial charge in [0, 0.05) is 5.69 Å². The van der Waals surface area contributed by atoms with Crippen molar-refractivity contribution in [3.8, 4) is 16.9 Å². The number of methoxy groups -OCH3 is 1. The number of carbonyl (C=O) groups is 1. The van der Waals surface area contributed by atoms with Gasteiger partial charge in [0.2, 0.25) is 5.91 Å². The molecule has 118 valence electrons. The van der Waals surface area contributed by atoms with Gasteiger partial charge in [0.05, 0.1) is 13.0 Å². The Morgan fingerprint density at radius 2 is 1.38 bits per heavy atom. The first-order chi connectivity index (χ1) is 11.8. The van der Waals surface area contributed by atoms with Crippen LogP contribution < -0.4 is 10.1 Å². The monoisotopic (exact) mass is 315 g/mol. The molecule has 0 aliphatic heterocycles. The first-order valence-electron chi connectivity index (χ1n) is 7.91. The summed E-state index contributed by atoms with van der Waals surface area (Å²) in [6.45, 7) is 0. The van der Waals surface area contributed by atoms with Gasteiger partial charge in [0.1, 0.15) is 5.75 Å². The normalized spacial score (nSPS) is 12.4. The van der Waals surface area contributed by atoms with E-state index in [1.54, 1.807) is 7.11 Å². The molecule has 3 aromatic carbocycles. The minimum atomic E-state index is -0.278. The summed E-state index contributed by atoms with van der Waals surface area (Å²) < 4.78 is 5.15. The van der Waals surface area contributed by atoms with Crippen molar-refractivity contribution in [3.63, 3.8) is 0 Å². The summed E-state index contributed by atoms with van der Waals surface area (Å²) >= 11 is 0. The Labute approximate surface area is 140 Å². The second-order valence-electron chi connectivity index (χ2n) is 5.83. The van der Waals surface area contributed by atoms with Crippen molar-refractivity contribution in [1.82, 2.24) is 0 Å². The molecule has 0 saturated carbocycles. The first-order valence-corrected chi connectivity index (χ1v) is 7.91. The summed E-state index contributed by atoms with van der Waals surface area (Å²) in [4.78, 5) is 13.0. The average molecular weight is 315 g/mol. The number of rotatable bonds is 3. The average Bonchev–Trinajstić information content (AvgIpc) is 2.97. The Kier molecular flexibility index (Phi) is 3.54. The fourth-order valence-corrected chi connectivity index (χ4v) is 3.33. The van der Waals surface area contributed by atoms with Gasteiger partial charge in [0.25, 0.3) is 0 Å². The Morgan fingerprint density at radius 3 is 1.92 bits per heavy atom. The fraction of sp³-hybridized carbons (Fsp3) is 0.0952. The lowest BCUT2D eigenvalue weighted by atomic mass is 9.96. The van der Waals surface area contributed by atoms with Gasteiger partial charge in [-0.3, -0.25) is 4.79 Å². The minimum Gasteiger partial charge on any atom is -0.497 e. The van der Waals surface area contributed by atoms with E-state index in [-0.39, 0.29) is 11.8 Å². The van der Waals surface area contributed by atoms with E-state index in [0.29, 0.717) is 0 Å². The van der Waals surface area contributed by atoms with E-state index >= 15 is 0 Å². The zero-order chi connectivity index (χ0) is 16.5. The van der Waals surface area contributed by atoms with Crippen molar-refractivity contribution in [2.24, 2.45) is 0 Å². The van der Waals surface area contributed by atoms with E-state index in [9.17, 15) is 4.79 Å². The van der Waals surface area contributed by atoms with Crippen LogP contribution in [0.5, 0.6) is 5.75 Å². The van der Waals surface area contributed by atoms with Crippen LogP contribution in [0.3, 0.4) is 0 Å². The summed E-state index contributed by atoms with van der Waals surface area (Å²) in [7, 11) is 1.62. The van der Waals surface area contributed by atoms with Crippen molar-refractivity contribution in [1.29, 1.82) is 0 Å². The van der Waals surface area contributed by atoms with Crippen molar-refractivity contribution in [2.45, 2.75) is 5.92 Å². The summed E-state index contributed by atoms with van der Waals surface area (Å²) in [6, 6.07) is 23.6. The van der Waals surface area contributed by atoms with Gasteiger partial charge in [-0.05, 0) is 46.5 Å². The molecule has 3 heteroatoms. The largest absolute Gasteiger partial charge is 0.497 e. The van der Waals surface area contributed by atoms with Crippen molar-refractivity contribution < 1.29 is 9.53 Å². The van der Waals surface area contributed by atoms with Crippen molar-refractivity contribution >= 4 is 11.6 Å². The van der Waals surface area contributed by atoms with Crippen LogP contribution in [0.1, 0.15) is 17.0 Å². The fourth-order valence-electron chi connectivity index (χ4n) is 3.33. The smallest absolute Gasteiger partial charge is 0.236 e.